The average Bonchev–Trinajstić information content (AvgIpc) is 2.55. The highest BCUT2D eigenvalue weighted by atomic mass is 16.7. The van der Waals surface area contributed by atoms with E-state index >= 15 is 0 Å². The van der Waals surface area contributed by atoms with Gasteiger partial charge in [-0.15, -0.1) is 0 Å². The van der Waals surface area contributed by atoms with Gasteiger partial charge in [0.25, 0.3) is 0 Å². The number of unbranched alkanes of at least 4 members (excludes halogenated alkanes) is 6. The van der Waals surface area contributed by atoms with Crippen LogP contribution >= 0.6 is 0 Å². The molecule has 0 radical (unpaired) electrons. The quantitative estimate of drug-likeness (QED) is 0.209. The number of hydrogen-bond donors (Lipinski definition) is 0. The molecule has 0 aliphatic carbocycles. The fraction of sp³-hybridized carbons (Fsp3) is 1.00. The van der Waals surface area contributed by atoms with E-state index in [1.54, 1.807) is 0 Å². The van der Waals surface area contributed by atoms with Crippen LogP contribution in [0.5, 0.6) is 0 Å². The van der Waals surface area contributed by atoms with Crippen LogP contribution in [0.3, 0.4) is 0 Å². The summed E-state index contributed by atoms with van der Waals surface area (Å²) in [5.74, 6) is 0.212. The zero-order chi connectivity index (χ0) is 17.4. The molecule has 2 heteroatoms. The molecule has 0 saturated carbocycles. The van der Waals surface area contributed by atoms with E-state index < -0.39 is 0 Å². The van der Waals surface area contributed by atoms with Crippen molar-refractivity contribution < 1.29 is 9.47 Å². The van der Waals surface area contributed by atoms with E-state index in [-0.39, 0.29) is 5.79 Å². The minimum atomic E-state index is -0.334. The van der Waals surface area contributed by atoms with Crippen molar-refractivity contribution in [3.63, 3.8) is 0 Å². The Morgan fingerprint density at radius 1 is 0.609 bits per heavy atom. The molecule has 0 N–H and O–H groups in total. The van der Waals surface area contributed by atoms with Gasteiger partial charge in [0.05, 0.1) is 0 Å². The lowest BCUT2D eigenvalue weighted by Gasteiger charge is -2.40. The minimum Gasteiger partial charge on any atom is -0.350 e. The first-order valence-corrected chi connectivity index (χ1v) is 10.5. The van der Waals surface area contributed by atoms with E-state index in [4.69, 9.17) is 9.47 Å². The Morgan fingerprint density at radius 3 is 1.70 bits per heavy atom. The molecule has 0 aromatic carbocycles. The van der Waals surface area contributed by atoms with E-state index in [0.717, 1.165) is 19.6 Å². The summed E-state index contributed by atoms with van der Waals surface area (Å²) in [7, 11) is 0. The summed E-state index contributed by atoms with van der Waals surface area (Å²) in [6.45, 7) is 12.5. The van der Waals surface area contributed by atoms with Gasteiger partial charge in [-0.1, -0.05) is 72.1 Å². The summed E-state index contributed by atoms with van der Waals surface area (Å²) in [6.07, 6.45) is 15.3. The first-order valence-electron chi connectivity index (χ1n) is 10.5. The monoisotopic (exact) mass is 328 g/mol. The molecule has 0 aromatic heterocycles. The van der Waals surface area contributed by atoms with Crippen molar-refractivity contribution in [3.05, 3.63) is 0 Å². The van der Waals surface area contributed by atoms with Crippen molar-refractivity contribution in [2.45, 2.75) is 117 Å². The van der Waals surface area contributed by atoms with E-state index in [0.29, 0.717) is 5.92 Å². The van der Waals surface area contributed by atoms with Gasteiger partial charge in [-0.25, -0.2) is 0 Å². The topological polar surface area (TPSA) is 18.5 Å². The fourth-order valence-corrected chi connectivity index (χ4v) is 3.64. The number of ether oxygens (including phenoxy) is 2. The Bertz CT molecular complexity index is 234. The number of hydrogen-bond acceptors (Lipinski definition) is 2. The molecule has 0 saturated heterocycles. The van der Waals surface area contributed by atoms with Crippen molar-refractivity contribution in [2.24, 2.45) is 5.92 Å². The molecule has 0 aliphatic heterocycles. The van der Waals surface area contributed by atoms with Gasteiger partial charge in [0.2, 0.25) is 0 Å². The van der Waals surface area contributed by atoms with Crippen molar-refractivity contribution in [2.75, 3.05) is 13.2 Å². The lowest BCUT2D eigenvalue weighted by molar-refractivity contribution is -0.270. The van der Waals surface area contributed by atoms with Gasteiger partial charge in [-0.05, 0) is 33.1 Å². The van der Waals surface area contributed by atoms with E-state index in [1.807, 2.05) is 0 Å². The summed E-state index contributed by atoms with van der Waals surface area (Å²) in [4.78, 5) is 0. The fourth-order valence-electron chi connectivity index (χ4n) is 3.64. The SMILES string of the molecule is CCCCCCCCC(CCC)C(CCCC)(OCC)OCC. The zero-order valence-electron chi connectivity index (χ0n) is 16.8. The minimum absolute atomic E-state index is 0.334. The van der Waals surface area contributed by atoms with Crippen molar-refractivity contribution in [3.8, 4) is 0 Å². The van der Waals surface area contributed by atoms with Gasteiger partial charge in [-0.2, -0.15) is 0 Å². The molecule has 0 rings (SSSR count). The summed E-state index contributed by atoms with van der Waals surface area (Å²) in [5.41, 5.74) is 0. The van der Waals surface area contributed by atoms with Crippen LogP contribution in [0.2, 0.25) is 0 Å². The molecule has 0 spiro atoms. The first kappa shape index (κ1) is 22.9. The second kappa shape index (κ2) is 15.4. The van der Waals surface area contributed by atoms with Crippen LogP contribution in [0.4, 0.5) is 0 Å². The highest BCUT2D eigenvalue weighted by Gasteiger charge is 2.38. The van der Waals surface area contributed by atoms with Crippen molar-refractivity contribution in [1.29, 1.82) is 0 Å². The van der Waals surface area contributed by atoms with Gasteiger partial charge in [-0.3, -0.25) is 0 Å². The average molecular weight is 329 g/mol. The summed E-state index contributed by atoms with van der Waals surface area (Å²) >= 11 is 0. The molecule has 0 heterocycles. The smallest absolute Gasteiger partial charge is 0.171 e. The molecular weight excluding hydrogens is 284 g/mol. The van der Waals surface area contributed by atoms with Crippen LogP contribution in [-0.2, 0) is 9.47 Å². The molecule has 0 amide bonds. The molecule has 0 bridgehead atoms. The maximum Gasteiger partial charge on any atom is 0.171 e. The molecule has 2 nitrogen and oxygen atoms in total. The Balaban J connectivity index is 4.68. The van der Waals surface area contributed by atoms with E-state index in [9.17, 15) is 0 Å². The summed E-state index contributed by atoms with van der Waals surface area (Å²) in [5, 5.41) is 0. The molecule has 1 atom stereocenters. The molecular formula is C21H44O2. The molecule has 23 heavy (non-hydrogen) atoms. The zero-order valence-corrected chi connectivity index (χ0v) is 16.8. The van der Waals surface area contributed by atoms with Gasteiger partial charge in [0.1, 0.15) is 0 Å². The third kappa shape index (κ3) is 9.72. The lowest BCUT2D eigenvalue weighted by Crippen LogP contribution is -2.44. The molecule has 140 valence electrons. The van der Waals surface area contributed by atoms with Crippen LogP contribution in [0.25, 0.3) is 0 Å². The van der Waals surface area contributed by atoms with Gasteiger partial charge < -0.3 is 9.47 Å². The van der Waals surface area contributed by atoms with Crippen LogP contribution in [0.1, 0.15) is 112 Å². The van der Waals surface area contributed by atoms with Crippen LogP contribution in [0, 0.1) is 5.92 Å². The molecule has 0 aromatic rings. The Kier molecular flexibility index (Phi) is 15.4. The molecule has 1 unspecified atom stereocenters. The Hall–Kier alpha value is -0.0800. The van der Waals surface area contributed by atoms with Crippen LogP contribution in [0.15, 0.2) is 0 Å². The van der Waals surface area contributed by atoms with Gasteiger partial charge >= 0.3 is 0 Å². The highest BCUT2D eigenvalue weighted by molar-refractivity contribution is 4.80. The second-order valence-electron chi connectivity index (χ2n) is 6.82. The summed E-state index contributed by atoms with van der Waals surface area (Å²) in [6, 6.07) is 0. The van der Waals surface area contributed by atoms with E-state index in [2.05, 4.69) is 34.6 Å². The van der Waals surface area contributed by atoms with Crippen molar-refractivity contribution >= 4 is 0 Å². The van der Waals surface area contributed by atoms with Gasteiger partial charge in [0, 0.05) is 25.6 Å². The molecule has 0 fully saturated rings. The third-order valence-corrected chi connectivity index (χ3v) is 4.82. The highest BCUT2D eigenvalue weighted by Crippen LogP contribution is 2.36. The standard InChI is InChI=1S/C21H44O2/c1-6-11-13-14-15-16-18-20(17-8-3)21(22-9-4,23-10-5)19-12-7-2/h20H,6-19H2,1-5H3. The maximum atomic E-state index is 6.26. The maximum absolute atomic E-state index is 6.26. The van der Waals surface area contributed by atoms with Crippen molar-refractivity contribution in [1.82, 2.24) is 0 Å². The third-order valence-electron chi connectivity index (χ3n) is 4.82. The Labute approximate surface area is 146 Å². The van der Waals surface area contributed by atoms with E-state index in [1.165, 1.54) is 70.6 Å². The predicted molar refractivity (Wildman–Crippen MR) is 102 cm³/mol. The molecule has 0 aliphatic rings. The first-order chi connectivity index (χ1) is 11.2. The second-order valence-corrected chi connectivity index (χ2v) is 6.82. The lowest BCUT2D eigenvalue weighted by atomic mass is 9.85. The van der Waals surface area contributed by atoms with Crippen LogP contribution < -0.4 is 0 Å². The Morgan fingerprint density at radius 2 is 1.17 bits per heavy atom. The van der Waals surface area contributed by atoms with Crippen LogP contribution in [-0.4, -0.2) is 19.0 Å². The number of rotatable bonds is 17. The summed E-state index contributed by atoms with van der Waals surface area (Å²) < 4.78 is 12.5. The van der Waals surface area contributed by atoms with Gasteiger partial charge in [0.15, 0.2) is 5.79 Å². The largest absolute Gasteiger partial charge is 0.350 e. The predicted octanol–water partition coefficient (Wildman–Crippen LogP) is 7.11. The normalized spacial score (nSPS) is 13.4.